The number of alkyl carbamates (subject to hydrolysis) is 1. The SMILES string of the molecule is C[C@H]1[C@@H](CN2CCC(n3c(=O)[nH]c4ccccc43)CC2)O[C@@H](c2ccc(N3C(=O)CC(NC(=O)OCc4ccccc4)C3=O)cc2)O[C@H]1c1ccc(CO)cc1. The molecule has 13 nitrogen and oxygen atoms in total. The first-order valence-electron chi connectivity index (χ1n) is 19.1. The standard InChI is InChI=1S/C43H45N5O8/c1-27-37(24-46-21-19-33(20-22-46)47-36-10-6-5-9-34(36)44-42(47)52)55-41(56-39(27)30-13-11-28(25-49)12-14-30)31-15-17-32(18-16-31)48-38(50)23-35(40(48)51)45-43(53)54-26-29-7-3-2-4-8-29/h2-18,27,33,35,37,39,41,49H,19-26H2,1H3,(H,44,52)(H,45,53)/t27-,35?,37+,39+,41+/m0/s1. The van der Waals surface area contributed by atoms with Gasteiger partial charge in [-0.05, 0) is 53.8 Å². The Balaban J connectivity index is 0.948. The molecule has 1 unspecified atom stereocenters. The molecule has 0 bridgehead atoms. The van der Waals surface area contributed by atoms with Crippen molar-refractivity contribution in [2.24, 2.45) is 5.92 Å². The molecule has 4 aromatic carbocycles. The van der Waals surface area contributed by atoms with Crippen LogP contribution in [-0.4, -0.2) is 69.2 Å². The van der Waals surface area contributed by atoms with Crippen LogP contribution in [-0.2, 0) is 37.0 Å². The van der Waals surface area contributed by atoms with Gasteiger partial charge in [-0.15, -0.1) is 0 Å². The number of piperidine rings is 1. The Morgan fingerprint density at radius 2 is 1.55 bits per heavy atom. The Hall–Kier alpha value is -5.60. The second-order valence-corrected chi connectivity index (χ2v) is 14.8. The van der Waals surface area contributed by atoms with Crippen molar-refractivity contribution < 1.29 is 33.7 Å². The minimum Gasteiger partial charge on any atom is -0.445 e. The van der Waals surface area contributed by atoms with Crippen molar-refractivity contribution >= 4 is 34.6 Å². The van der Waals surface area contributed by atoms with E-state index < -0.39 is 30.2 Å². The van der Waals surface area contributed by atoms with Gasteiger partial charge < -0.3 is 34.5 Å². The molecule has 0 saturated carbocycles. The first kappa shape index (κ1) is 37.3. The summed E-state index contributed by atoms with van der Waals surface area (Å²) < 4.78 is 20.5. The van der Waals surface area contributed by atoms with Crippen molar-refractivity contribution in [2.75, 3.05) is 24.5 Å². The number of ether oxygens (including phenoxy) is 3. The summed E-state index contributed by atoms with van der Waals surface area (Å²) in [6.45, 7) is 4.38. The maximum Gasteiger partial charge on any atom is 0.408 e. The van der Waals surface area contributed by atoms with E-state index in [-0.39, 0.29) is 49.5 Å². The Labute approximate surface area is 323 Å². The number of carbonyl (C=O) groups is 3. The highest BCUT2D eigenvalue weighted by Gasteiger charge is 2.42. The van der Waals surface area contributed by atoms with Gasteiger partial charge >= 0.3 is 11.8 Å². The Morgan fingerprint density at radius 3 is 2.29 bits per heavy atom. The fourth-order valence-electron chi connectivity index (χ4n) is 8.08. The summed E-state index contributed by atoms with van der Waals surface area (Å²) in [7, 11) is 0. The molecule has 3 saturated heterocycles. The first-order chi connectivity index (χ1) is 27.2. The number of anilines is 1. The second kappa shape index (κ2) is 16.2. The monoisotopic (exact) mass is 759 g/mol. The largest absolute Gasteiger partial charge is 0.445 e. The van der Waals surface area contributed by atoms with E-state index in [1.807, 2.05) is 83.4 Å². The minimum atomic E-state index is -1.04. The van der Waals surface area contributed by atoms with E-state index in [1.165, 1.54) is 0 Å². The van der Waals surface area contributed by atoms with Crippen LogP contribution in [0.15, 0.2) is 108 Å². The van der Waals surface area contributed by atoms with Crippen LogP contribution in [0.5, 0.6) is 0 Å². The number of rotatable bonds is 10. The van der Waals surface area contributed by atoms with E-state index in [0.29, 0.717) is 12.2 Å². The number of fused-ring (bicyclic) bond motifs is 1. The average Bonchev–Trinajstić information content (AvgIpc) is 3.71. The molecule has 3 aliphatic heterocycles. The fourth-order valence-corrected chi connectivity index (χ4v) is 8.08. The predicted molar refractivity (Wildman–Crippen MR) is 207 cm³/mol. The van der Waals surface area contributed by atoms with Crippen LogP contribution in [0.25, 0.3) is 11.0 Å². The van der Waals surface area contributed by atoms with Crippen molar-refractivity contribution in [1.29, 1.82) is 0 Å². The molecule has 290 valence electrons. The number of aromatic amines is 1. The van der Waals surface area contributed by atoms with Gasteiger partial charge in [-0.1, -0.05) is 85.8 Å². The number of amides is 3. The molecule has 5 aromatic rings. The summed E-state index contributed by atoms with van der Waals surface area (Å²) in [6, 6.07) is 30.7. The third-order valence-corrected chi connectivity index (χ3v) is 11.2. The zero-order valence-electron chi connectivity index (χ0n) is 31.1. The summed E-state index contributed by atoms with van der Waals surface area (Å²) in [4.78, 5) is 58.2. The molecule has 4 heterocycles. The highest BCUT2D eigenvalue weighted by molar-refractivity contribution is 6.22. The number of imide groups is 1. The van der Waals surface area contributed by atoms with Gasteiger partial charge in [0.1, 0.15) is 12.6 Å². The van der Waals surface area contributed by atoms with Gasteiger partial charge in [0.2, 0.25) is 5.91 Å². The van der Waals surface area contributed by atoms with Crippen LogP contribution in [0, 0.1) is 5.92 Å². The summed E-state index contributed by atoms with van der Waals surface area (Å²) >= 11 is 0. The summed E-state index contributed by atoms with van der Waals surface area (Å²) in [6.07, 6.45) is -0.564. The number of hydrogen-bond acceptors (Lipinski definition) is 9. The minimum absolute atomic E-state index is 0.0249. The third-order valence-electron chi connectivity index (χ3n) is 11.2. The number of benzene rings is 4. The molecule has 3 amide bonds. The fraction of sp³-hybridized carbons (Fsp3) is 0.349. The van der Waals surface area contributed by atoms with Crippen molar-refractivity contribution in [1.82, 2.24) is 19.8 Å². The molecule has 8 rings (SSSR count). The van der Waals surface area contributed by atoms with E-state index in [0.717, 1.165) is 64.1 Å². The topological polar surface area (TPSA) is 155 Å². The number of H-pyrrole nitrogens is 1. The third kappa shape index (κ3) is 7.76. The number of para-hydroxylation sites is 2. The lowest BCUT2D eigenvalue weighted by Crippen LogP contribution is -2.47. The number of nitrogens with one attached hydrogen (secondary N) is 2. The maximum absolute atomic E-state index is 13.3. The molecular formula is C43H45N5O8. The summed E-state index contributed by atoms with van der Waals surface area (Å²) in [5, 5.41) is 12.2. The Bertz CT molecular complexity index is 2230. The number of aliphatic hydroxyl groups excluding tert-OH is 1. The summed E-state index contributed by atoms with van der Waals surface area (Å²) in [5.41, 5.74) is 5.37. The van der Waals surface area contributed by atoms with Gasteiger partial charge in [-0.2, -0.15) is 0 Å². The molecular weight excluding hydrogens is 715 g/mol. The lowest BCUT2D eigenvalue weighted by atomic mass is 9.89. The molecule has 3 aliphatic rings. The Morgan fingerprint density at radius 1 is 0.857 bits per heavy atom. The van der Waals surface area contributed by atoms with E-state index in [4.69, 9.17) is 14.2 Å². The van der Waals surface area contributed by atoms with Gasteiger partial charge in [0.15, 0.2) is 6.29 Å². The van der Waals surface area contributed by atoms with Crippen LogP contribution < -0.4 is 15.9 Å². The number of imidazole rings is 1. The number of nitrogens with zero attached hydrogens (tertiary/aromatic N) is 3. The molecule has 1 aromatic heterocycles. The molecule has 0 radical (unpaired) electrons. The normalized spacial score (nSPS) is 23.5. The predicted octanol–water partition coefficient (Wildman–Crippen LogP) is 5.51. The van der Waals surface area contributed by atoms with E-state index in [9.17, 15) is 24.3 Å². The summed E-state index contributed by atoms with van der Waals surface area (Å²) in [5.74, 6) is -0.994. The van der Waals surface area contributed by atoms with Crippen LogP contribution in [0.4, 0.5) is 10.5 Å². The molecule has 56 heavy (non-hydrogen) atoms. The van der Waals surface area contributed by atoms with Crippen molar-refractivity contribution in [3.63, 3.8) is 0 Å². The van der Waals surface area contributed by atoms with Gasteiger partial charge in [0, 0.05) is 37.2 Å². The molecule has 0 aliphatic carbocycles. The van der Waals surface area contributed by atoms with Crippen LogP contribution >= 0.6 is 0 Å². The number of carbonyl (C=O) groups excluding carboxylic acids is 3. The van der Waals surface area contributed by atoms with E-state index >= 15 is 0 Å². The lowest BCUT2D eigenvalue weighted by Gasteiger charge is -2.44. The molecule has 13 heteroatoms. The van der Waals surface area contributed by atoms with Crippen LogP contribution in [0.2, 0.25) is 0 Å². The van der Waals surface area contributed by atoms with Gasteiger partial charge in [0.25, 0.3) is 5.91 Å². The molecule has 5 atom stereocenters. The molecule has 0 spiro atoms. The number of aromatic nitrogens is 2. The smallest absolute Gasteiger partial charge is 0.408 e. The number of aliphatic hydroxyl groups is 1. The zero-order valence-corrected chi connectivity index (χ0v) is 31.1. The van der Waals surface area contributed by atoms with E-state index in [1.54, 1.807) is 24.3 Å². The first-order valence-corrected chi connectivity index (χ1v) is 19.1. The highest BCUT2D eigenvalue weighted by Crippen LogP contribution is 2.42. The maximum atomic E-state index is 13.3. The highest BCUT2D eigenvalue weighted by atomic mass is 16.7. The molecule has 3 N–H and O–H groups in total. The van der Waals surface area contributed by atoms with Crippen molar-refractivity contribution in [3.05, 3.63) is 136 Å². The van der Waals surface area contributed by atoms with Gasteiger partial charge in [-0.25, -0.2) is 14.5 Å². The van der Waals surface area contributed by atoms with Gasteiger partial charge in [-0.3, -0.25) is 14.2 Å². The van der Waals surface area contributed by atoms with Crippen molar-refractivity contribution in [3.8, 4) is 0 Å². The quantitative estimate of drug-likeness (QED) is 0.157. The zero-order chi connectivity index (χ0) is 38.8. The molecule has 3 fully saturated rings. The van der Waals surface area contributed by atoms with E-state index in [2.05, 4.69) is 22.1 Å². The Kier molecular flexibility index (Phi) is 10.8. The lowest BCUT2D eigenvalue weighted by molar-refractivity contribution is -0.276. The van der Waals surface area contributed by atoms with Crippen LogP contribution in [0.3, 0.4) is 0 Å². The average molecular weight is 760 g/mol. The van der Waals surface area contributed by atoms with Crippen molar-refractivity contribution in [2.45, 2.75) is 70.0 Å². The number of likely N-dealkylation sites (tertiary alicyclic amines) is 1. The van der Waals surface area contributed by atoms with Crippen LogP contribution in [0.1, 0.15) is 66.9 Å². The van der Waals surface area contributed by atoms with Gasteiger partial charge in [0.05, 0.1) is 42.0 Å². The second-order valence-electron chi connectivity index (χ2n) is 14.8. The number of hydrogen-bond donors (Lipinski definition) is 3.